The fourth-order valence-corrected chi connectivity index (χ4v) is 0.614. The van der Waals surface area contributed by atoms with Crippen molar-refractivity contribution < 1.29 is 40.2 Å². The Morgan fingerprint density at radius 1 is 1.07 bits per heavy atom. The highest BCUT2D eigenvalue weighted by Crippen LogP contribution is 2.21. The number of aliphatic hydroxyl groups is 4. The molecule has 8 heteroatoms. The zero-order valence-corrected chi connectivity index (χ0v) is 6.84. The van der Waals surface area contributed by atoms with Crippen molar-refractivity contribution in [3.8, 4) is 0 Å². The Balaban J connectivity index is 4.59. The van der Waals surface area contributed by atoms with E-state index in [9.17, 15) is 19.8 Å². The van der Waals surface area contributed by atoms with Crippen LogP contribution in [0.3, 0.4) is 0 Å². The maximum absolute atomic E-state index is 10.0. The first-order valence-corrected chi connectivity index (χ1v) is 3.42. The van der Waals surface area contributed by atoms with Gasteiger partial charge in [-0.1, -0.05) is 0 Å². The molecule has 0 saturated heterocycles. The van der Waals surface area contributed by atoms with E-state index >= 15 is 0 Å². The van der Waals surface area contributed by atoms with Gasteiger partial charge in [-0.3, -0.25) is 0 Å². The predicted octanol–water partition coefficient (Wildman–Crippen LogP) is -5.37. The maximum Gasteiger partial charge on any atom is 0.260 e. The molecule has 0 aromatic rings. The molecule has 0 spiro atoms. The molecule has 0 aromatic heterocycles. The van der Waals surface area contributed by atoms with Gasteiger partial charge >= 0.3 is 0 Å². The molecule has 0 aliphatic rings. The van der Waals surface area contributed by atoms with Crippen molar-refractivity contribution in [2.75, 3.05) is 0 Å². The average Bonchev–Trinajstić information content (AvgIpc) is 2.00. The van der Waals surface area contributed by atoms with Crippen LogP contribution in [0.25, 0.3) is 0 Å². The zero-order valence-electron chi connectivity index (χ0n) is 6.84. The van der Waals surface area contributed by atoms with Gasteiger partial charge < -0.3 is 40.2 Å². The van der Waals surface area contributed by atoms with Crippen LogP contribution in [0.15, 0.2) is 0 Å². The van der Waals surface area contributed by atoms with Crippen LogP contribution >= 0.6 is 0 Å². The third-order valence-corrected chi connectivity index (χ3v) is 1.52. The summed E-state index contributed by atoms with van der Waals surface area (Å²) in [6, 6.07) is 0. The molecule has 0 unspecified atom stereocenters. The first-order valence-electron chi connectivity index (χ1n) is 3.42. The molecule has 0 aliphatic heterocycles. The van der Waals surface area contributed by atoms with Crippen molar-refractivity contribution in [2.24, 2.45) is 0 Å². The Hall–Kier alpha value is -1.22. The van der Waals surface area contributed by atoms with Crippen molar-refractivity contribution >= 4 is 11.9 Å². The van der Waals surface area contributed by atoms with E-state index in [0.717, 1.165) is 0 Å². The first-order chi connectivity index (χ1) is 6.11. The fourth-order valence-electron chi connectivity index (χ4n) is 0.614. The van der Waals surface area contributed by atoms with E-state index in [1.165, 1.54) is 0 Å². The summed E-state index contributed by atoms with van der Waals surface area (Å²) in [4.78, 5) is 19.9. The monoisotopic (exact) mass is 208 g/mol. The number of rotatable bonds is 5. The van der Waals surface area contributed by atoms with Crippen LogP contribution < -0.4 is 10.2 Å². The lowest BCUT2D eigenvalue weighted by atomic mass is 10.0. The lowest BCUT2D eigenvalue weighted by Crippen LogP contribution is -2.64. The Kier molecular flexibility index (Phi) is 3.54. The van der Waals surface area contributed by atoms with Crippen LogP contribution in [-0.2, 0) is 9.59 Å². The molecule has 0 fully saturated rings. The summed E-state index contributed by atoms with van der Waals surface area (Å²) in [6.07, 6.45) is -2.08. The quantitative estimate of drug-likeness (QED) is 0.325. The Bertz CT molecular complexity index is 242. The molecule has 0 atom stereocenters. The summed E-state index contributed by atoms with van der Waals surface area (Å²) in [5, 5.41) is 54.7. The van der Waals surface area contributed by atoms with Crippen molar-refractivity contribution in [3.05, 3.63) is 0 Å². The van der Waals surface area contributed by atoms with Gasteiger partial charge in [0.1, 0.15) is 5.97 Å². The molecule has 0 aliphatic carbocycles. The van der Waals surface area contributed by atoms with Gasteiger partial charge in [0.25, 0.3) is 5.79 Å². The largest absolute Gasteiger partial charge is 0.550 e. The second kappa shape index (κ2) is 3.88. The SMILES string of the molecule is O=C([O-])CCC(O)(O)C(O)(O)C(=O)[O-]. The number of carboxylic acids is 2. The lowest BCUT2D eigenvalue weighted by Gasteiger charge is -2.35. The molecule has 0 amide bonds. The fraction of sp³-hybridized carbons (Fsp3) is 0.667. The minimum absolute atomic E-state index is 0.955. The van der Waals surface area contributed by atoms with Gasteiger partial charge in [-0.2, -0.15) is 0 Å². The van der Waals surface area contributed by atoms with Crippen molar-refractivity contribution in [1.82, 2.24) is 0 Å². The first kappa shape index (κ1) is 12.8. The van der Waals surface area contributed by atoms with E-state index in [1.807, 2.05) is 0 Å². The number of aliphatic carboxylic acids is 2. The molecular formula is C6H8O8-2. The highest BCUT2D eigenvalue weighted by molar-refractivity contribution is 5.74. The van der Waals surface area contributed by atoms with Crippen molar-refractivity contribution in [1.29, 1.82) is 0 Å². The highest BCUT2D eigenvalue weighted by atomic mass is 16.6. The van der Waals surface area contributed by atoms with Crippen LogP contribution in [0.1, 0.15) is 12.8 Å². The smallest absolute Gasteiger partial charge is 0.260 e. The molecule has 0 rings (SSSR count). The minimum atomic E-state index is -3.94. The Labute approximate surface area is 77.7 Å². The van der Waals surface area contributed by atoms with Gasteiger partial charge in [-0.15, -0.1) is 0 Å². The molecule has 14 heavy (non-hydrogen) atoms. The van der Waals surface area contributed by atoms with Gasteiger partial charge in [0.15, 0.2) is 0 Å². The Morgan fingerprint density at radius 3 is 1.79 bits per heavy atom. The van der Waals surface area contributed by atoms with Gasteiger partial charge in [0.2, 0.25) is 5.79 Å². The van der Waals surface area contributed by atoms with Gasteiger partial charge in [-0.05, 0) is 6.42 Å². The third kappa shape index (κ3) is 2.64. The molecule has 0 saturated carbocycles. The molecule has 0 heterocycles. The van der Waals surface area contributed by atoms with E-state index in [2.05, 4.69) is 0 Å². The zero-order chi connectivity index (χ0) is 11.6. The summed E-state index contributed by atoms with van der Waals surface area (Å²) in [5.74, 6) is -11.7. The van der Waals surface area contributed by atoms with E-state index < -0.39 is 36.4 Å². The van der Waals surface area contributed by atoms with Gasteiger partial charge in [0.05, 0.1) is 0 Å². The molecule has 4 N–H and O–H groups in total. The van der Waals surface area contributed by atoms with Crippen LogP contribution in [0.5, 0.6) is 0 Å². The van der Waals surface area contributed by atoms with Crippen LogP contribution in [0, 0.1) is 0 Å². The minimum Gasteiger partial charge on any atom is -0.550 e. The summed E-state index contributed by atoms with van der Waals surface area (Å²) in [6.45, 7) is 0. The van der Waals surface area contributed by atoms with Gasteiger partial charge in [0, 0.05) is 12.4 Å². The second-order valence-electron chi connectivity index (χ2n) is 2.65. The Morgan fingerprint density at radius 2 is 1.50 bits per heavy atom. The molecular weight excluding hydrogens is 200 g/mol. The van der Waals surface area contributed by atoms with E-state index in [-0.39, 0.29) is 0 Å². The van der Waals surface area contributed by atoms with Crippen LogP contribution in [0.2, 0.25) is 0 Å². The molecule has 8 nitrogen and oxygen atoms in total. The van der Waals surface area contributed by atoms with Crippen molar-refractivity contribution in [3.63, 3.8) is 0 Å². The molecule has 0 bridgehead atoms. The number of hydrogen-bond acceptors (Lipinski definition) is 8. The highest BCUT2D eigenvalue weighted by Gasteiger charge is 2.48. The lowest BCUT2D eigenvalue weighted by molar-refractivity contribution is -0.402. The number of carbonyl (C=O) groups excluding carboxylic acids is 2. The summed E-state index contributed by atoms with van der Waals surface area (Å²) in [5.41, 5.74) is 0. The topological polar surface area (TPSA) is 161 Å². The summed E-state index contributed by atoms with van der Waals surface area (Å²) in [7, 11) is 0. The van der Waals surface area contributed by atoms with Crippen molar-refractivity contribution in [2.45, 2.75) is 24.4 Å². The van der Waals surface area contributed by atoms with Crippen LogP contribution in [-0.4, -0.2) is 43.9 Å². The normalized spacial score (nSPS) is 12.6. The van der Waals surface area contributed by atoms with Crippen LogP contribution in [0.4, 0.5) is 0 Å². The number of hydrogen-bond donors (Lipinski definition) is 4. The predicted molar refractivity (Wildman–Crippen MR) is 33.6 cm³/mol. The average molecular weight is 208 g/mol. The number of carboxylic acid groups (broad SMARTS) is 2. The maximum atomic E-state index is 10.0. The summed E-state index contributed by atoms with van der Waals surface area (Å²) >= 11 is 0. The summed E-state index contributed by atoms with van der Waals surface area (Å²) < 4.78 is 0. The molecule has 82 valence electrons. The second-order valence-corrected chi connectivity index (χ2v) is 2.65. The third-order valence-electron chi connectivity index (χ3n) is 1.52. The van der Waals surface area contributed by atoms with E-state index in [1.54, 1.807) is 0 Å². The van der Waals surface area contributed by atoms with E-state index in [0.29, 0.717) is 0 Å². The molecule has 0 radical (unpaired) electrons. The van der Waals surface area contributed by atoms with E-state index in [4.69, 9.17) is 20.4 Å². The number of carbonyl (C=O) groups is 2. The standard InChI is InChI=1S/C6H10O8/c7-3(8)1-2-5(11,12)6(13,14)4(9)10/h11-14H,1-2H2,(H,7,8)(H,9,10)/p-2. The molecule has 0 aromatic carbocycles. The van der Waals surface area contributed by atoms with Gasteiger partial charge in [-0.25, -0.2) is 0 Å².